The summed E-state index contributed by atoms with van der Waals surface area (Å²) in [6.45, 7) is 0. The Bertz CT molecular complexity index is 489. The van der Waals surface area contributed by atoms with Crippen molar-refractivity contribution in [1.29, 1.82) is 0 Å². The van der Waals surface area contributed by atoms with E-state index < -0.39 is 0 Å². The second kappa shape index (κ2) is 2.90. The average Bonchev–Trinajstić information content (AvgIpc) is 2.17. The van der Waals surface area contributed by atoms with E-state index in [-0.39, 0.29) is 5.56 Å². The number of fused-ring (bicyclic) bond motifs is 1. The summed E-state index contributed by atoms with van der Waals surface area (Å²) in [5.41, 5.74) is 1.25. The van der Waals surface area contributed by atoms with Crippen molar-refractivity contribution in [3.8, 4) is 0 Å². The molecule has 2 rings (SSSR count). The van der Waals surface area contributed by atoms with Gasteiger partial charge in [0, 0.05) is 24.8 Å². The Morgan fingerprint density at radius 1 is 1.54 bits per heavy atom. The Morgan fingerprint density at radius 3 is 3.15 bits per heavy atom. The van der Waals surface area contributed by atoms with Crippen LogP contribution in [-0.4, -0.2) is 17.0 Å². The number of aromatic amines is 1. The molecule has 0 aliphatic heterocycles. The molecule has 66 valence electrons. The van der Waals surface area contributed by atoms with Crippen LogP contribution in [0.25, 0.3) is 10.9 Å². The SMILES string of the molecule is CNc1cc2cnccc2[nH]c1=O. The van der Waals surface area contributed by atoms with Gasteiger partial charge in [0.1, 0.15) is 5.69 Å². The van der Waals surface area contributed by atoms with Crippen LogP contribution in [0.2, 0.25) is 0 Å². The molecule has 2 aromatic rings. The van der Waals surface area contributed by atoms with Crippen LogP contribution < -0.4 is 10.9 Å². The van der Waals surface area contributed by atoms with Gasteiger partial charge >= 0.3 is 0 Å². The predicted molar refractivity (Wildman–Crippen MR) is 51.9 cm³/mol. The van der Waals surface area contributed by atoms with E-state index in [4.69, 9.17) is 0 Å². The fourth-order valence-electron chi connectivity index (χ4n) is 1.23. The topological polar surface area (TPSA) is 57.8 Å². The fourth-order valence-corrected chi connectivity index (χ4v) is 1.23. The van der Waals surface area contributed by atoms with Gasteiger partial charge in [-0.3, -0.25) is 9.78 Å². The third kappa shape index (κ3) is 1.26. The van der Waals surface area contributed by atoms with Gasteiger partial charge in [-0.25, -0.2) is 0 Å². The molecule has 2 N–H and O–H groups in total. The molecule has 0 atom stereocenters. The minimum Gasteiger partial charge on any atom is -0.384 e. The van der Waals surface area contributed by atoms with Crippen LogP contribution in [0, 0.1) is 0 Å². The second-order valence-corrected chi connectivity index (χ2v) is 2.73. The van der Waals surface area contributed by atoms with Gasteiger partial charge in [-0.1, -0.05) is 0 Å². The zero-order valence-electron chi connectivity index (χ0n) is 7.16. The number of anilines is 1. The molecule has 0 aliphatic rings. The molecule has 0 aromatic carbocycles. The van der Waals surface area contributed by atoms with E-state index in [2.05, 4.69) is 15.3 Å². The van der Waals surface area contributed by atoms with Gasteiger partial charge in [-0.15, -0.1) is 0 Å². The summed E-state index contributed by atoms with van der Waals surface area (Å²) < 4.78 is 0. The Kier molecular flexibility index (Phi) is 1.73. The molecule has 0 unspecified atom stereocenters. The zero-order chi connectivity index (χ0) is 9.26. The van der Waals surface area contributed by atoms with Crippen molar-refractivity contribution in [3.05, 3.63) is 34.9 Å². The number of aromatic nitrogens is 2. The lowest BCUT2D eigenvalue weighted by Gasteiger charge is -2.00. The van der Waals surface area contributed by atoms with Gasteiger partial charge in [0.15, 0.2) is 0 Å². The molecule has 0 fully saturated rings. The molecule has 0 saturated heterocycles. The molecule has 0 bridgehead atoms. The number of pyridine rings is 2. The number of nitrogens with zero attached hydrogens (tertiary/aromatic N) is 1. The quantitative estimate of drug-likeness (QED) is 0.678. The Morgan fingerprint density at radius 2 is 2.38 bits per heavy atom. The average molecular weight is 175 g/mol. The lowest BCUT2D eigenvalue weighted by atomic mass is 10.2. The highest BCUT2D eigenvalue weighted by Crippen LogP contribution is 2.10. The third-order valence-corrected chi connectivity index (χ3v) is 1.91. The second-order valence-electron chi connectivity index (χ2n) is 2.73. The Hall–Kier alpha value is -1.84. The largest absolute Gasteiger partial charge is 0.384 e. The first-order valence-electron chi connectivity index (χ1n) is 3.96. The van der Waals surface area contributed by atoms with E-state index in [0.717, 1.165) is 10.9 Å². The molecule has 0 aliphatic carbocycles. The van der Waals surface area contributed by atoms with Crippen molar-refractivity contribution in [2.24, 2.45) is 0 Å². The molecule has 0 amide bonds. The first kappa shape index (κ1) is 7.79. The van der Waals surface area contributed by atoms with Gasteiger partial charge in [0.05, 0.1) is 5.52 Å². The molecule has 13 heavy (non-hydrogen) atoms. The molecular formula is C9H9N3O. The molecule has 0 saturated carbocycles. The van der Waals surface area contributed by atoms with E-state index in [1.54, 1.807) is 31.6 Å². The highest BCUT2D eigenvalue weighted by Gasteiger charge is 1.99. The van der Waals surface area contributed by atoms with Gasteiger partial charge < -0.3 is 10.3 Å². The van der Waals surface area contributed by atoms with Crippen LogP contribution in [0.4, 0.5) is 5.69 Å². The van der Waals surface area contributed by atoms with E-state index >= 15 is 0 Å². The normalized spacial score (nSPS) is 10.2. The first-order valence-corrected chi connectivity index (χ1v) is 3.96. The Balaban J connectivity index is 2.81. The highest BCUT2D eigenvalue weighted by atomic mass is 16.1. The van der Waals surface area contributed by atoms with Crippen molar-refractivity contribution in [3.63, 3.8) is 0 Å². The smallest absolute Gasteiger partial charge is 0.271 e. The number of rotatable bonds is 1. The summed E-state index contributed by atoms with van der Waals surface area (Å²) in [6.07, 6.45) is 3.36. The summed E-state index contributed by atoms with van der Waals surface area (Å²) in [7, 11) is 1.72. The number of H-pyrrole nitrogens is 1. The van der Waals surface area contributed by atoms with Gasteiger partial charge in [0.25, 0.3) is 5.56 Å². The highest BCUT2D eigenvalue weighted by molar-refractivity contribution is 5.80. The van der Waals surface area contributed by atoms with Gasteiger partial charge in [-0.2, -0.15) is 0 Å². The molecule has 2 aromatic heterocycles. The molecular weight excluding hydrogens is 166 g/mol. The van der Waals surface area contributed by atoms with E-state index in [9.17, 15) is 4.79 Å². The maximum absolute atomic E-state index is 11.3. The van der Waals surface area contributed by atoms with Crippen molar-refractivity contribution < 1.29 is 0 Å². The molecule has 2 heterocycles. The van der Waals surface area contributed by atoms with Crippen LogP contribution in [0.15, 0.2) is 29.3 Å². The summed E-state index contributed by atoms with van der Waals surface area (Å²) in [5, 5.41) is 3.74. The first-order chi connectivity index (χ1) is 6.31. The van der Waals surface area contributed by atoms with Crippen LogP contribution >= 0.6 is 0 Å². The fraction of sp³-hybridized carbons (Fsp3) is 0.111. The summed E-state index contributed by atoms with van der Waals surface area (Å²) in [5.74, 6) is 0. The molecule has 0 spiro atoms. The maximum Gasteiger partial charge on any atom is 0.271 e. The molecule has 4 nitrogen and oxygen atoms in total. The van der Waals surface area contributed by atoms with Gasteiger partial charge in [0.2, 0.25) is 0 Å². The monoisotopic (exact) mass is 175 g/mol. The zero-order valence-corrected chi connectivity index (χ0v) is 7.16. The van der Waals surface area contributed by atoms with Crippen molar-refractivity contribution in [2.75, 3.05) is 12.4 Å². The number of nitrogens with one attached hydrogen (secondary N) is 2. The Labute approximate surface area is 74.6 Å². The predicted octanol–water partition coefficient (Wildman–Crippen LogP) is 0.965. The minimum atomic E-state index is -0.110. The lowest BCUT2D eigenvalue weighted by molar-refractivity contribution is 1.26. The van der Waals surface area contributed by atoms with Crippen molar-refractivity contribution in [1.82, 2.24) is 9.97 Å². The van der Waals surface area contributed by atoms with E-state index in [1.165, 1.54) is 0 Å². The molecule has 0 radical (unpaired) electrons. The molecule has 4 heteroatoms. The van der Waals surface area contributed by atoms with Gasteiger partial charge in [-0.05, 0) is 12.1 Å². The summed E-state index contributed by atoms with van der Waals surface area (Å²) in [6, 6.07) is 3.55. The minimum absolute atomic E-state index is 0.110. The van der Waals surface area contributed by atoms with Crippen LogP contribution in [0.3, 0.4) is 0 Å². The van der Waals surface area contributed by atoms with Crippen LogP contribution in [0.5, 0.6) is 0 Å². The van der Waals surface area contributed by atoms with E-state index in [1.807, 2.05) is 0 Å². The van der Waals surface area contributed by atoms with Crippen molar-refractivity contribution >= 4 is 16.6 Å². The summed E-state index contributed by atoms with van der Waals surface area (Å²) >= 11 is 0. The van der Waals surface area contributed by atoms with Crippen molar-refractivity contribution in [2.45, 2.75) is 0 Å². The van der Waals surface area contributed by atoms with E-state index in [0.29, 0.717) is 5.69 Å². The lowest BCUT2D eigenvalue weighted by Crippen LogP contribution is -2.10. The van der Waals surface area contributed by atoms with Crippen LogP contribution in [-0.2, 0) is 0 Å². The van der Waals surface area contributed by atoms with Crippen LogP contribution in [0.1, 0.15) is 0 Å². The third-order valence-electron chi connectivity index (χ3n) is 1.91. The number of hydrogen-bond donors (Lipinski definition) is 2. The maximum atomic E-state index is 11.3. The summed E-state index contributed by atoms with van der Waals surface area (Å²) in [4.78, 5) is 18.0. The standard InChI is InChI=1S/C9H9N3O/c1-10-8-4-6-5-11-3-2-7(6)12-9(8)13/h2-5,10H,1H3,(H,12,13). The number of hydrogen-bond acceptors (Lipinski definition) is 3.